The highest BCUT2D eigenvalue weighted by molar-refractivity contribution is 5.81. The summed E-state index contributed by atoms with van der Waals surface area (Å²) in [5.74, 6) is 1.44. The van der Waals surface area contributed by atoms with E-state index in [9.17, 15) is 4.79 Å². The second kappa shape index (κ2) is 9.14. The number of carbonyl (C=O) groups is 1. The molecule has 1 heterocycles. The molecule has 6 heteroatoms. The molecule has 0 unspecified atom stereocenters. The van der Waals surface area contributed by atoms with Gasteiger partial charge in [-0.3, -0.25) is 4.79 Å². The topological polar surface area (TPSA) is 65.8 Å². The number of hydrogen-bond donors (Lipinski definition) is 0. The maximum absolute atomic E-state index is 12.7. The number of hydrogen-bond acceptors (Lipinski definition) is 5. The Bertz CT molecular complexity index is 837. The van der Waals surface area contributed by atoms with Crippen molar-refractivity contribution in [3.63, 3.8) is 0 Å². The zero-order valence-corrected chi connectivity index (χ0v) is 16.3. The Balaban J connectivity index is 1.56. The molecular formula is C22H25N3O3. The highest BCUT2D eigenvalue weighted by Crippen LogP contribution is 2.29. The summed E-state index contributed by atoms with van der Waals surface area (Å²) >= 11 is 0. The van der Waals surface area contributed by atoms with Crippen LogP contribution < -0.4 is 14.4 Å². The molecule has 0 aromatic heterocycles. The van der Waals surface area contributed by atoms with Crippen molar-refractivity contribution in [1.29, 1.82) is 5.26 Å². The third-order valence-electron chi connectivity index (χ3n) is 4.74. The van der Waals surface area contributed by atoms with Crippen LogP contribution in [0.4, 0.5) is 5.69 Å². The van der Waals surface area contributed by atoms with Crippen LogP contribution in [0.15, 0.2) is 48.5 Å². The van der Waals surface area contributed by atoms with Gasteiger partial charge in [0.05, 0.1) is 23.9 Å². The predicted molar refractivity (Wildman–Crippen MR) is 108 cm³/mol. The molecular weight excluding hydrogens is 354 g/mol. The molecule has 0 N–H and O–H groups in total. The van der Waals surface area contributed by atoms with Gasteiger partial charge in [-0.25, -0.2) is 0 Å². The van der Waals surface area contributed by atoms with Gasteiger partial charge in [-0.1, -0.05) is 12.1 Å². The molecule has 1 saturated heterocycles. The van der Waals surface area contributed by atoms with Crippen LogP contribution in [0.1, 0.15) is 19.4 Å². The average Bonchev–Trinajstić information content (AvgIpc) is 2.74. The Morgan fingerprint density at radius 2 is 1.79 bits per heavy atom. The van der Waals surface area contributed by atoms with Crippen molar-refractivity contribution in [3.05, 3.63) is 54.1 Å². The van der Waals surface area contributed by atoms with Gasteiger partial charge in [0.25, 0.3) is 5.91 Å². The molecule has 1 aliphatic rings. The van der Waals surface area contributed by atoms with Gasteiger partial charge in [0.1, 0.15) is 11.5 Å². The van der Waals surface area contributed by atoms with E-state index in [1.807, 2.05) is 30.0 Å². The first-order valence-electron chi connectivity index (χ1n) is 9.54. The monoisotopic (exact) mass is 379 g/mol. The van der Waals surface area contributed by atoms with Crippen molar-refractivity contribution in [2.45, 2.75) is 20.0 Å². The fraction of sp³-hybridized carbons (Fsp3) is 0.364. The molecule has 2 aromatic rings. The van der Waals surface area contributed by atoms with Crippen molar-refractivity contribution in [3.8, 4) is 17.6 Å². The molecule has 6 nitrogen and oxygen atoms in total. The molecule has 0 aliphatic carbocycles. The van der Waals surface area contributed by atoms with E-state index in [0.29, 0.717) is 31.0 Å². The lowest BCUT2D eigenvalue weighted by Gasteiger charge is -2.37. The van der Waals surface area contributed by atoms with E-state index >= 15 is 0 Å². The van der Waals surface area contributed by atoms with E-state index in [4.69, 9.17) is 14.7 Å². The molecule has 146 valence electrons. The number of para-hydroxylation sites is 2. The fourth-order valence-electron chi connectivity index (χ4n) is 3.28. The molecule has 28 heavy (non-hydrogen) atoms. The zero-order valence-electron chi connectivity index (χ0n) is 16.3. The second-order valence-corrected chi connectivity index (χ2v) is 6.61. The number of amides is 1. The molecule has 0 radical (unpaired) electrons. The first-order valence-corrected chi connectivity index (χ1v) is 9.54. The van der Waals surface area contributed by atoms with Crippen LogP contribution in [-0.2, 0) is 4.79 Å². The number of ether oxygens (including phenoxy) is 2. The number of nitriles is 1. The van der Waals surface area contributed by atoms with Crippen LogP contribution in [0.5, 0.6) is 11.5 Å². The van der Waals surface area contributed by atoms with E-state index in [2.05, 4.69) is 17.0 Å². The summed E-state index contributed by atoms with van der Waals surface area (Å²) in [6, 6.07) is 16.9. The van der Waals surface area contributed by atoms with Gasteiger partial charge < -0.3 is 19.3 Å². The van der Waals surface area contributed by atoms with E-state index in [-0.39, 0.29) is 5.91 Å². The van der Waals surface area contributed by atoms with Crippen molar-refractivity contribution in [2.75, 3.05) is 37.7 Å². The molecule has 1 aliphatic heterocycles. The van der Waals surface area contributed by atoms with Crippen LogP contribution in [0, 0.1) is 11.3 Å². The van der Waals surface area contributed by atoms with Gasteiger partial charge in [0, 0.05) is 26.2 Å². The zero-order chi connectivity index (χ0) is 19.9. The summed E-state index contributed by atoms with van der Waals surface area (Å²) in [5.41, 5.74) is 1.63. The minimum absolute atomic E-state index is 0.0258. The van der Waals surface area contributed by atoms with Crippen LogP contribution >= 0.6 is 0 Å². The number of piperazine rings is 1. The quantitative estimate of drug-likeness (QED) is 0.772. The first-order chi connectivity index (χ1) is 13.6. The molecule has 0 spiro atoms. The van der Waals surface area contributed by atoms with E-state index in [0.717, 1.165) is 24.5 Å². The summed E-state index contributed by atoms with van der Waals surface area (Å²) in [5, 5.41) is 8.86. The maximum atomic E-state index is 12.7. The van der Waals surface area contributed by atoms with Crippen molar-refractivity contribution >= 4 is 11.6 Å². The lowest BCUT2D eigenvalue weighted by molar-refractivity contribution is -0.138. The standard InChI is InChI=1S/C22H25N3O3/c1-3-27-21-7-5-4-6-20(21)24-12-14-25(15-13-24)22(26)17(2)28-19-10-8-18(16-23)9-11-19/h4-11,17H,3,12-15H2,1-2H3/t17-/m1/s1. The number of benzene rings is 2. The molecule has 0 bridgehead atoms. The highest BCUT2D eigenvalue weighted by Gasteiger charge is 2.27. The van der Waals surface area contributed by atoms with Gasteiger partial charge in [0.15, 0.2) is 6.10 Å². The second-order valence-electron chi connectivity index (χ2n) is 6.61. The Kier molecular flexibility index (Phi) is 6.38. The summed E-state index contributed by atoms with van der Waals surface area (Å²) in [6.45, 7) is 7.14. The normalized spacial score (nSPS) is 14.9. The first kappa shape index (κ1) is 19.6. The van der Waals surface area contributed by atoms with E-state index in [1.165, 1.54) is 0 Å². The molecule has 1 atom stereocenters. The molecule has 0 saturated carbocycles. The minimum atomic E-state index is -0.574. The third-order valence-corrected chi connectivity index (χ3v) is 4.74. The van der Waals surface area contributed by atoms with Gasteiger partial charge in [-0.15, -0.1) is 0 Å². The molecule has 2 aromatic carbocycles. The van der Waals surface area contributed by atoms with Crippen molar-refractivity contribution in [1.82, 2.24) is 4.90 Å². The van der Waals surface area contributed by atoms with Gasteiger partial charge in [0.2, 0.25) is 0 Å². The van der Waals surface area contributed by atoms with Crippen molar-refractivity contribution in [2.24, 2.45) is 0 Å². The lowest BCUT2D eigenvalue weighted by Crippen LogP contribution is -2.52. The minimum Gasteiger partial charge on any atom is -0.492 e. The van der Waals surface area contributed by atoms with Gasteiger partial charge in [-0.2, -0.15) is 5.26 Å². The van der Waals surface area contributed by atoms with Crippen LogP contribution in [-0.4, -0.2) is 49.7 Å². The Hall–Kier alpha value is -3.20. The van der Waals surface area contributed by atoms with E-state index in [1.54, 1.807) is 31.2 Å². The molecule has 1 amide bonds. The number of nitrogens with zero attached hydrogens (tertiary/aromatic N) is 3. The SMILES string of the molecule is CCOc1ccccc1N1CCN(C(=O)[C@@H](C)Oc2ccc(C#N)cc2)CC1. The smallest absolute Gasteiger partial charge is 0.263 e. The Morgan fingerprint density at radius 1 is 1.11 bits per heavy atom. The maximum Gasteiger partial charge on any atom is 0.263 e. The highest BCUT2D eigenvalue weighted by atomic mass is 16.5. The summed E-state index contributed by atoms with van der Waals surface area (Å²) in [4.78, 5) is 16.8. The number of carbonyl (C=O) groups excluding carboxylic acids is 1. The van der Waals surface area contributed by atoms with Gasteiger partial charge >= 0.3 is 0 Å². The Morgan fingerprint density at radius 3 is 2.43 bits per heavy atom. The number of anilines is 1. The van der Waals surface area contributed by atoms with Crippen LogP contribution in [0.25, 0.3) is 0 Å². The van der Waals surface area contributed by atoms with Crippen LogP contribution in [0.3, 0.4) is 0 Å². The number of rotatable bonds is 6. The third kappa shape index (κ3) is 4.55. The van der Waals surface area contributed by atoms with Crippen LogP contribution in [0.2, 0.25) is 0 Å². The van der Waals surface area contributed by atoms with Crippen molar-refractivity contribution < 1.29 is 14.3 Å². The summed E-state index contributed by atoms with van der Waals surface area (Å²) in [6.07, 6.45) is -0.574. The van der Waals surface area contributed by atoms with E-state index < -0.39 is 6.10 Å². The summed E-state index contributed by atoms with van der Waals surface area (Å²) in [7, 11) is 0. The average molecular weight is 379 g/mol. The lowest BCUT2D eigenvalue weighted by atomic mass is 10.2. The Labute approximate surface area is 165 Å². The molecule has 1 fully saturated rings. The predicted octanol–water partition coefficient (Wildman–Crippen LogP) is 3.07. The summed E-state index contributed by atoms with van der Waals surface area (Å²) < 4.78 is 11.5. The molecule has 3 rings (SSSR count). The fourth-order valence-corrected chi connectivity index (χ4v) is 3.28. The largest absolute Gasteiger partial charge is 0.492 e. The van der Waals surface area contributed by atoms with Gasteiger partial charge in [-0.05, 0) is 50.2 Å².